The zero-order valence-electron chi connectivity index (χ0n) is 27.4. The molecule has 0 saturated heterocycles. The van der Waals surface area contributed by atoms with E-state index in [4.69, 9.17) is 4.65 Å². The smallest absolute Gasteiger partial charge is 0.219 e. The fourth-order valence-corrected chi connectivity index (χ4v) is 10.8. The Balaban J connectivity index is 0.000000143. The van der Waals surface area contributed by atoms with Crippen LogP contribution in [0.2, 0.25) is 0 Å². The van der Waals surface area contributed by atoms with Crippen LogP contribution in [0.3, 0.4) is 0 Å². The Labute approximate surface area is 314 Å². The monoisotopic (exact) mass is 818 g/mol. The van der Waals surface area contributed by atoms with Crippen LogP contribution in [0.4, 0.5) is 0 Å². The van der Waals surface area contributed by atoms with Crippen molar-refractivity contribution < 1.29 is 24.1 Å². The van der Waals surface area contributed by atoms with Gasteiger partial charge >= 0.3 is 11.3 Å². The third kappa shape index (κ3) is 9.49. The normalized spacial score (nSPS) is 10.5. The maximum atomic E-state index is 7.50. The second-order valence-corrected chi connectivity index (χ2v) is 16.1. The van der Waals surface area contributed by atoms with Crippen LogP contribution in [0.25, 0.3) is 0 Å². The van der Waals surface area contributed by atoms with E-state index in [0.29, 0.717) is 0 Å². The van der Waals surface area contributed by atoms with Crippen LogP contribution in [-0.4, -0.2) is 39.0 Å². The van der Waals surface area contributed by atoms with E-state index in [1.807, 2.05) is 0 Å². The first kappa shape index (κ1) is 37.4. The molecule has 51 heavy (non-hydrogen) atoms. The molecule has 259 valence electrons. The summed E-state index contributed by atoms with van der Waals surface area (Å²) >= 11 is 0. The van der Waals surface area contributed by atoms with Crippen LogP contribution in [0.1, 0.15) is 0 Å². The van der Waals surface area contributed by atoms with Crippen LogP contribution in [0.5, 0.6) is 0 Å². The SMILES string of the molecule is [C-]#[O+].[Rh].c1ccn(P(n2cccc2)n2cccc2)c1.c1ccn(P(n2cccc2)n2cccc2)c1.c1ccn(P(n2cccc2)n2cccc2)c1. The van der Waals surface area contributed by atoms with Gasteiger partial charge in [-0.05, 0) is 109 Å². The largest absolute Gasteiger partial charge is 0.299 e. The molecule has 0 aliphatic rings. The van der Waals surface area contributed by atoms with Gasteiger partial charge in [0.05, 0.1) is 0 Å². The minimum Gasteiger partial charge on any atom is -0.299 e. The molecule has 0 amide bonds. The molecule has 0 aliphatic carbocycles. The fraction of sp³-hybridized carbons (Fsp3) is 0. The molecule has 0 saturated carbocycles. The summed E-state index contributed by atoms with van der Waals surface area (Å²) in [5.41, 5.74) is 0. The number of rotatable bonds is 9. The van der Waals surface area contributed by atoms with Gasteiger partial charge in [0.2, 0.25) is 25.1 Å². The average molecular weight is 819 g/mol. The fourth-order valence-electron chi connectivity index (χ4n) is 5.08. The van der Waals surface area contributed by atoms with Crippen molar-refractivity contribution in [2.24, 2.45) is 0 Å². The molecule has 0 aromatic carbocycles. The summed E-state index contributed by atoms with van der Waals surface area (Å²) in [6, 6.07) is 37.0. The predicted octanol–water partition coefficient (Wildman–Crippen LogP) is 9.75. The first-order chi connectivity index (χ1) is 24.8. The van der Waals surface area contributed by atoms with Crippen LogP contribution < -0.4 is 0 Å². The Hall–Kier alpha value is -4.83. The molecule has 0 spiro atoms. The van der Waals surface area contributed by atoms with Gasteiger partial charge in [-0.1, -0.05) is 0 Å². The quantitative estimate of drug-likeness (QED) is 0.0603. The first-order valence-corrected chi connectivity index (χ1v) is 19.3. The van der Waals surface area contributed by atoms with Crippen LogP contribution in [0.15, 0.2) is 221 Å². The number of nitrogens with zero attached hydrogens (tertiary/aromatic N) is 9. The molecule has 0 fully saturated rings. The zero-order chi connectivity index (χ0) is 34.4. The number of aromatic nitrogens is 9. The number of hydrogen-bond donors (Lipinski definition) is 0. The maximum Gasteiger partial charge on any atom is 0.219 e. The van der Waals surface area contributed by atoms with E-state index in [-0.39, 0.29) is 19.5 Å². The topological polar surface area (TPSA) is 64.3 Å². The van der Waals surface area contributed by atoms with Crippen molar-refractivity contribution in [3.8, 4) is 0 Å². The standard InChI is InChI=1S/3C12H12N3P.CO.Rh/c3*1-2-8-13(7-1)16(14-9-3-4-10-14)15-11-5-6-12-15;1-2;/h3*1-12H;;. The zero-order valence-corrected chi connectivity index (χ0v) is 31.7. The molecule has 1 radical (unpaired) electrons. The van der Waals surface area contributed by atoms with Crippen molar-refractivity contribution in [1.82, 2.24) is 39.0 Å². The Bertz CT molecular complexity index is 1630. The summed E-state index contributed by atoms with van der Waals surface area (Å²) in [5, 5.41) is 0. The molecule has 0 unspecified atom stereocenters. The molecule has 0 N–H and O–H groups in total. The third-order valence-electron chi connectivity index (χ3n) is 7.16. The Morgan fingerprint density at radius 3 is 0.373 bits per heavy atom. The van der Waals surface area contributed by atoms with Crippen molar-refractivity contribution in [2.45, 2.75) is 0 Å². The molecule has 0 bridgehead atoms. The Kier molecular flexibility index (Phi) is 14.3. The van der Waals surface area contributed by atoms with Gasteiger partial charge < -0.3 is 0 Å². The van der Waals surface area contributed by atoms with Gasteiger partial charge in [-0.3, -0.25) is 39.0 Å². The third-order valence-corrected chi connectivity index (χ3v) is 13.3. The van der Waals surface area contributed by atoms with Gasteiger partial charge in [0.15, 0.2) is 0 Å². The minimum atomic E-state index is -0.585. The van der Waals surface area contributed by atoms with Crippen molar-refractivity contribution in [1.29, 1.82) is 0 Å². The van der Waals surface area contributed by atoms with Crippen LogP contribution in [0, 0.1) is 6.65 Å². The van der Waals surface area contributed by atoms with Crippen LogP contribution in [-0.2, 0) is 24.1 Å². The van der Waals surface area contributed by atoms with E-state index >= 15 is 0 Å². The van der Waals surface area contributed by atoms with Gasteiger partial charge in [-0.15, -0.1) is 0 Å². The molecule has 9 aromatic heterocycles. The van der Waals surface area contributed by atoms with Crippen molar-refractivity contribution in [3.05, 3.63) is 227 Å². The van der Waals surface area contributed by atoms with E-state index in [1.54, 1.807) is 0 Å². The van der Waals surface area contributed by atoms with E-state index in [2.05, 4.69) is 266 Å². The van der Waals surface area contributed by atoms with Gasteiger partial charge in [0, 0.05) is 131 Å². The van der Waals surface area contributed by atoms with E-state index < -0.39 is 25.1 Å². The molecule has 9 rings (SSSR count). The maximum absolute atomic E-state index is 7.50. The van der Waals surface area contributed by atoms with Crippen molar-refractivity contribution in [2.75, 3.05) is 0 Å². The number of hydrogen-bond acceptors (Lipinski definition) is 0. The summed E-state index contributed by atoms with van der Waals surface area (Å²) in [6.07, 6.45) is 37.9. The average Bonchev–Trinajstić information content (AvgIpc) is 4.03. The molecule has 0 aliphatic heterocycles. The second kappa shape index (κ2) is 19.5. The van der Waals surface area contributed by atoms with Crippen molar-refractivity contribution >= 4 is 25.1 Å². The van der Waals surface area contributed by atoms with Gasteiger partial charge in [-0.25, -0.2) is 0 Å². The van der Waals surface area contributed by atoms with Crippen molar-refractivity contribution in [3.63, 3.8) is 0 Å². The molecular formula is C37H36N9OP3Rh. The summed E-state index contributed by atoms with van der Waals surface area (Å²) < 4.78 is 27.6. The summed E-state index contributed by atoms with van der Waals surface area (Å²) in [4.78, 5) is 0. The molecule has 0 atom stereocenters. The summed E-state index contributed by atoms with van der Waals surface area (Å²) in [7, 11) is -1.75. The van der Waals surface area contributed by atoms with Gasteiger partial charge in [0.1, 0.15) is 0 Å². The van der Waals surface area contributed by atoms with Gasteiger partial charge in [-0.2, -0.15) is 0 Å². The summed E-state index contributed by atoms with van der Waals surface area (Å²) in [5.74, 6) is 0. The predicted molar refractivity (Wildman–Crippen MR) is 203 cm³/mol. The first-order valence-electron chi connectivity index (χ1n) is 15.7. The molecule has 9 heterocycles. The Morgan fingerprint density at radius 1 is 0.216 bits per heavy atom. The molecular weight excluding hydrogens is 782 g/mol. The van der Waals surface area contributed by atoms with E-state index in [1.165, 1.54) is 0 Å². The van der Waals surface area contributed by atoms with Crippen LogP contribution >= 0.6 is 25.1 Å². The molecule has 14 heteroatoms. The second-order valence-electron chi connectivity index (χ2n) is 10.4. The molecule has 9 aromatic rings. The van der Waals surface area contributed by atoms with E-state index in [9.17, 15) is 0 Å². The molecule has 10 nitrogen and oxygen atoms in total. The minimum absolute atomic E-state index is 0. The van der Waals surface area contributed by atoms with Gasteiger partial charge in [0.25, 0.3) is 0 Å². The van der Waals surface area contributed by atoms with E-state index in [0.717, 1.165) is 0 Å². The summed E-state index contributed by atoms with van der Waals surface area (Å²) in [6.45, 7) is 4.50. The Morgan fingerprint density at radius 2 is 0.294 bits per heavy atom.